The van der Waals surface area contributed by atoms with Gasteiger partial charge in [0.15, 0.2) is 0 Å². The molecule has 1 aliphatic rings. The number of benzene rings is 2. The monoisotopic (exact) mass is 278 g/mol. The average Bonchev–Trinajstić information content (AvgIpc) is 3.00. The summed E-state index contributed by atoms with van der Waals surface area (Å²) in [6.07, 6.45) is 4.72. The van der Waals surface area contributed by atoms with Crippen molar-refractivity contribution >= 4 is 0 Å². The van der Waals surface area contributed by atoms with Crippen molar-refractivity contribution in [3.8, 4) is 0 Å². The van der Waals surface area contributed by atoms with Gasteiger partial charge >= 0.3 is 51.4 Å². The summed E-state index contributed by atoms with van der Waals surface area (Å²) in [7, 11) is 0. The summed E-state index contributed by atoms with van der Waals surface area (Å²) in [6, 6.07) is 20.7. The van der Waals surface area contributed by atoms with Gasteiger partial charge in [-0.25, -0.2) is 0 Å². The van der Waals surface area contributed by atoms with Crippen molar-refractivity contribution in [1.29, 1.82) is 0 Å². The zero-order chi connectivity index (χ0) is 12.5. The maximum atomic E-state index is 4.94. The van der Waals surface area contributed by atoms with Crippen molar-refractivity contribution in [2.45, 2.75) is 12.8 Å². The van der Waals surface area contributed by atoms with E-state index in [1.54, 1.807) is 0 Å². The van der Waals surface area contributed by atoms with Crippen molar-refractivity contribution in [3.63, 3.8) is 0 Å². The van der Waals surface area contributed by atoms with Crippen molar-refractivity contribution in [2.75, 3.05) is 13.2 Å². The van der Waals surface area contributed by atoms with Crippen LogP contribution in [0.3, 0.4) is 0 Å². The molecule has 2 aromatic rings. The van der Waals surface area contributed by atoms with Gasteiger partial charge in [-0.1, -0.05) is 36.4 Å². The van der Waals surface area contributed by atoms with E-state index >= 15 is 0 Å². The molecule has 0 aliphatic carbocycles. The van der Waals surface area contributed by atoms with E-state index in [-0.39, 0.29) is 51.4 Å². The molecule has 94 valence electrons. The van der Waals surface area contributed by atoms with Gasteiger partial charge in [0.2, 0.25) is 0 Å². The first kappa shape index (κ1) is 17.0. The summed E-state index contributed by atoms with van der Waals surface area (Å²) in [5.41, 5.74) is 2.49. The summed E-state index contributed by atoms with van der Waals surface area (Å²) in [5.74, 6) is 0. The molecule has 0 N–H and O–H groups in total. The predicted molar refractivity (Wildman–Crippen MR) is 75.4 cm³/mol. The van der Waals surface area contributed by atoms with Gasteiger partial charge in [0.05, 0.1) is 0 Å². The largest absolute Gasteiger partial charge is 1.00 e. The van der Waals surface area contributed by atoms with E-state index in [1.807, 2.05) is 12.1 Å². The second-order valence-corrected chi connectivity index (χ2v) is 4.29. The summed E-state index contributed by atoms with van der Waals surface area (Å²) in [6.45, 7) is 2.00. The third-order valence-corrected chi connectivity index (χ3v) is 2.76. The predicted octanol–water partition coefficient (Wildman–Crippen LogP) is 1.09. The quantitative estimate of drug-likeness (QED) is 0.590. The molecule has 2 aromatic carbocycles. The minimum Gasteiger partial charge on any atom is -0.381 e. The molecular weight excluding hydrogens is 259 g/mol. The van der Waals surface area contributed by atoms with Crippen LogP contribution < -0.4 is 51.4 Å². The Morgan fingerprint density at radius 2 is 1.11 bits per heavy atom. The first-order valence-corrected chi connectivity index (χ1v) is 6.48. The Balaban J connectivity index is 0.000000256. The molecule has 1 aliphatic heterocycles. The molecule has 1 heterocycles. The van der Waals surface area contributed by atoms with Gasteiger partial charge in [-0.05, 0) is 12.8 Å². The van der Waals surface area contributed by atoms with Gasteiger partial charge in [-0.3, -0.25) is 0 Å². The van der Waals surface area contributed by atoms with Crippen molar-refractivity contribution < 1.29 is 56.1 Å². The zero-order valence-corrected chi connectivity index (χ0v) is 14.7. The molecule has 19 heavy (non-hydrogen) atoms. The van der Waals surface area contributed by atoms with Gasteiger partial charge in [0, 0.05) is 13.2 Å². The van der Waals surface area contributed by atoms with E-state index in [1.165, 1.54) is 24.0 Å². The molecule has 0 amide bonds. The van der Waals surface area contributed by atoms with E-state index in [0.717, 1.165) is 13.2 Å². The third kappa shape index (κ3) is 7.30. The van der Waals surface area contributed by atoms with Crippen LogP contribution in [0.25, 0.3) is 0 Å². The summed E-state index contributed by atoms with van der Waals surface area (Å²) >= 11 is 0. The Labute approximate surface area is 158 Å². The zero-order valence-electron chi connectivity index (χ0n) is 11.6. The maximum Gasteiger partial charge on any atom is 1.00 e. The Kier molecular flexibility index (Phi) is 9.52. The maximum absolute atomic E-state index is 4.94. The average molecular weight is 278 g/mol. The second kappa shape index (κ2) is 10.7. The van der Waals surface area contributed by atoms with Crippen LogP contribution in [0.5, 0.6) is 0 Å². The molecule has 0 radical (unpaired) electrons. The van der Waals surface area contributed by atoms with Crippen LogP contribution in [0.15, 0.2) is 60.7 Å². The van der Waals surface area contributed by atoms with Crippen molar-refractivity contribution in [1.82, 2.24) is 0 Å². The fourth-order valence-electron chi connectivity index (χ4n) is 1.80. The second-order valence-electron chi connectivity index (χ2n) is 4.29. The first-order chi connectivity index (χ1) is 8.95. The third-order valence-electron chi connectivity index (χ3n) is 2.76. The number of ether oxygens (including phenoxy) is 1. The van der Waals surface area contributed by atoms with Crippen LogP contribution in [0.4, 0.5) is 0 Å². The molecule has 1 nitrogen and oxygen atoms in total. The van der Waals surface area contributed by atoms with Gasteiger partial charge in [-0.15, -0.1) is 41.8 Å². The molecule has 2 heteroatoms. The van der Waals surface area contributed by atoms with E-state index in [9.17, 15) is 0 Å². The van der Waals surface area contributed by atoms with Crippen LogP contribution in [-0.4, -0.2) is 13.2 Å². The van der Waals surface area contributed by atoms with Crippen LogP contribution in [-0.2, 0) is 4.74 Å². The molecule has 3 rings (SSSR count). The van der Waals surface area contributed by atoms with Gasteiger partial charge in [-0.2, -0.15) is 0 Å². The molecule has 0 atom stereocenters. The van der Waals surface area contributed by atoms with Crippen molar-refractivity contribution in [3.05, 3.63) is 78.2 Å². The topological polar surface area (TPSA) is 9.23 Å². The summed E-state index contributed by atoms with van der Waals surface area (Å²) in [4.78, 5) is 0. The number of rotatable bonds is 2. The Morgan fingerprint density at radius 3 is 1.42 bits per heavy atom. The molecule has 0 saturated carbocycles. The molecule has 1 fully saturated rings. The SMILES string of the molecule is C1CCOC1.[K+].c1ccc([CH-]c2ccccc2)cc1. The van der Waals surface area contributed by atoms with Crippen LogP contribution in [0, 0.1) is 6.42 Å². The van der Waals surface area contributed by atoms with Crippen molar-refractivity contribution in [2.24, 2.45) is 0 Å². The molecule has 0 aromatic heterocycles. The van der Waals surface area contributed by atoms with E-state index in [4.69, 9.17) is 4.74 Å². The standard InChI is InChI=1S/C13H11.C4H8O.K/c1-3-7-12(8-4-1)11-13-9-5-2-6-10-13;1-2-4-5-3-1;/h1-11H;1-4H2;/q-1;;+1. The fraction of sp³-hybridized carbons (Fsp3) is 0.235. The minimum atomic E-state index is 0. The first-order valence-electron chi connectivity index (χ1n) is 6.48. The normalized spacial score (nSPS) is 12.8. The molecule has 0 spiro atoms. The van der Waals surface area contributed by atoms with E-state index in [2.05, 4.69) is 55.0 Å². The number of hydrogen-bond donors (Lipinski definition) is 0. The number of hydrogen-bond acceptors (Lipinski definition) is 1. The van der Waals surface area contributed by atoms with Crippen LogP contribution in [0.2, 0.25) is 0 Å². The van der Waals surface area contributed by atoms with Gasteiger partial charge in [0.1, 0.15) is 0 Å². The van der Waals surface area contributed by atoms with Gasteiger partial charge in [0.25, 0.3) is 0 Å². The van der Waals surface area contributed by atoms with Crippen LogP contribution in [0.1, 0.15) is 24.0 Å². The van der Waals surface area contributed by atoms with Crippen LogP contribution >= 0.6 is 0 Å². The molecule has 1 saturated heterocycles. The minimum absolute atomic E-state index is 0. The van der Waals surface area contributed by atoms with E-state index < -0.39 is 0 Å². The molecule has 0 bridgehead atoms. The Morgan fingerprint density at radius 1 is 0.684 bits per heavy atom. The molecule has 0 unspecified atom stereocenters. The summed E-state index contributed by atoms with van der Waals surface area (Å²) in [5, 5.41) is 0. The Hall–Kier alpha value is -0.0936. The summed E-state index contributed by atoms with van der Waals surface area (Å²) < 4.78 is 4.94. The Bertz CT molecular complexity index is 378. The molecular formula is C17H19KO. The van der Waals surface area contributed by atoms with E-state index in [0.29, 0.717) is 0 Å². The smallest absolute Gasteiger partial charge is 0.381 e. The van der Waals surface area contributed by atoms with Gasteiger partial charge < -0.3 is 4.74 Å². The fourth-order valence-corrected chi connectivity index (χ4v) is 1.80.